The number of aliphatic hydroxyl groups excluding tert-OH is 3. The van der Waals surface area contributed by atoms with E-state index in [1.807, 2.05) is 6.92 Å². The SMILES string of the molecule is CCCCCC(CN(CCN(CC(C)O)CC(C)O)CC(C)O)Oc1ccc(C2(c3ccc(C)cc3)CC(C)CC(C)(C)C2)cc1. The lowest BCUT2D eigenvalue weighted by Gasteiger charge is -2.48. The van der Waals surface area contributed by atoms with Crippen LogP contribution in [-0.2, 0) is 5.41 Å². The summed E-state index contributed by atoms with van der Waals surface area (Å²) in [4.78, 5) is 4.39. The Morgan fingerprint density at radius 2 is 1.26 bits per heavy atom. The summed E-state index contributed by atoms with van der Waals surface area (Å²) in [6, 6.07) is 18.2. The molecule has 0 radical (unpaired) electrons. The second-order valence-corrected chi connectivity index (χ2v) is 15.6. The molecule has 2 aromatic rings. The van der Waals surface area contributed by atoms with Gasteiger partial charge in [0, 0.05) is 44.7 Å². The Morgan fingerprint density at radius 3 is 1.74 bits per heavy atom. The van der Waals surface area contributed by atoms with E-state index in [0.29, 0.717) is 38.6 Å². The molecule has 46 heavy (non-hydrogen) atoms. The van der Waals surface area contributed by atoms with Gasteiger partial charge in [0.25, 0.3) is 0 Å². The molecule has 6 unspecified atom stereocenters. The predicted octanol–water partition coefficient (Wildman–Crippen LogP) is 7.20. The van der Waals surface area contributed by atoms with E-state index in [9.17, 15) is 15.3 Å². The molecule has 0 bridgehead atoms. The summed E-state index contributed by atoms with van der Waals surface area (Å²) < 4.78 is 6.75. The van der Waals surface area contributed by atoms with Crippen molar-refractivity contribution < 1.29 is 20.1 Å². The van der Waals surface area contributed by atoms with Crippen LogP contribution >= 0.6 is 0 Å². The van der Waals surface area contributed by atoms with Gasteiger partial charge in [-0.2, -0.15) is 0 Å². The first-order valence-corrected chi connectivity index (χ1v) is 18.0. The molecule has 0 heterocycles. The highest BCUT2D eigenvalue weighted by atomic mass is 16.5. The van der Waals surface area contributed by atoms with Crippen LogP contribution in [0.1, 0.15) is 110 Å². The van der Waals surface area contributed by atoms with Gasteiger partial charge in [-0.1, -0.05) is 82.5 Å². The Labute approximate surface area is 281 Å². The van der Waals surface area contributed by atoms with Gasteiger partial charge in [-0.05, 0) is 94.4 Å². The van der Waals surface area contributed by atoms with Crippen LogP contribution in [0.15, 0.2) is 48.5 Å². The first-order valence-electron chi connectivity index (χ1n) is 18.0. The van der Waals surface area contributed by atoms with E-state index in [1.165, 1.54) is 29.5 Å². The van der Waals surface area contributed by atoms with Crippen LogP contribution in [0.3, 0.4) is 0 Å². The molecule has 2 aromatic carbocycles. The molecule has 0 aliphatic heterocycles. The Hall–Kier alpha value is -1.96. The summed E-state index contributed by atoms with van der Waals surface area (Å²) in [6.45, 7) is 20.8. The van der Waals surface area contributed by atoms with Crippen LogP contribution in [0.2, 0.25) is 0 Å². The normalized spacial score (nSPS) is 22.5. The molecule has 6 atom stereocenters. The minimum Gasteiger partial charge on any atom is -0.489 e. The molecule has 1 aliphatic carbocycles. The minimum absolute atomic E-state index is 0.00201. The van der Waals surface area contributed by atoms with E-state index >= 15 is 0 Å². The van der Waals surface area contributed by atoms with E-state index in [-0.39, 0.29) is 16.9 Å². The molecule has 260 valence electrons. The van der Waals surface area contributed by atoms with Gasteiger partial charge < -0.3 is 20.1 Å². The Morgan fingerprint density at radius 1 is 0.761 bits per heavy atom. The third kappa shape index (κ3) is 12.2. The zero-order chi connectivity index (χ0) is 33.9. The quantitative estimate of drug-likeness (QED) is 0.141. The fourth-order valence-corrected chi connectivity index (χ4v) is 8.11. The topological polar surface area (TPSA) is 76.4 Å². The molecule has 0 amide bonds. The van der Waals surface area contributed by atoms with Crippen LogP contribution in [0, 0.1) is 18.3 Å². The third-order valence-electron chi connectivity index (χ3n) is 9.58. The molecular weight excluding hydrogens is 572 g/mol. The molecule has 3 N–H and O–H groups in total. The lowest BCUT2D eigenvalue weighted by Crippen LogP contribution is -2.45. The minimum atomic E-state index is -0.467. The fraction of sp³-hybridized carbons (Fsp3) is 0.700. The summed E-state index contributed by atoms with van der Waals surface area (Å²) in [5.41, 5.74) is 4.32. The van der Waals surface area contributed by atoms with Crippen LogP contribution in [0.25, 0.3) is 0 Å². The van der Waals surface area contributed by atoms with Gasteiger partial charge in [0.2, 0.25) is 0 Å². The van der Waals surface area contributed by atoms with E-state index in [1.54, 1.807) is 13.8 Å². The monoisotopic (exact) mass is 639 g/mol. The lowest BCUT2D eigenvalue weighted by molar-refractivity contribution is 0.0536. The lowest BCUT2D eigenvalue weighted by atomic mass is 9.55. The maximum atomic E-state index is 10.4. The number of hydrogen-bond acceptors (Lipinski definition) is 6. The highest BCUT2D eigenvalue weighted by Gasteiger charge is 2.45. The van der Waals surface area contributed by atoms with Gasteiger partial charge in [0.05, 0.1) is 18.3 Å². The van der Waals surface area contributed by atoms with Crippen molar-refractivity contribution in [2.75, 3.05) is 39.3 Å². The molecule has 0 saturated heterocycles. The number of benzene rings is 2. The molecule has 1 aliphatic rings. The van der Waals surface area contributed by atoms with Crippen molar-refractivity contribution in [1.29, 1.82) is 0 Å². The van der Waals surface area contributed by atoms with Crippen molar-refractivity contribution in [2.45, 2.75) is 130 Å². The first-order chi connectivity index (χ1) is 21.7. The number of unbranched alkanes of at least 4 members (excludes halogenated alkanes) is 2. The second kappa shape index (κ2) is 18.0. The van der Waals surface area contributed by atoms with Crippen LogP contribution in [-0.4, -0.2) is 88.8 Å². The van der Waals surface area contributed by atoms with E-state index in [0.717, 1.165) is 44.4 Å². The number of aliphatic hydroxyl groups is 3. The fourth-order valence-electron chi connectivity index (χ4n) is 8.11. The Balaban J connectivity index is 1.83. The molecule has 3 rings (SSSR count). The highest BCUT2D eigenvalue weighted by molar-refractivity contribution is 5.43. The molecule has 6 nitrogen and oxygen atoms in total. The van der Waals surface area contributed by atoms with Crippen LogP contribution in [0.4, 0.5) is 0 Å². The van der Waals surface area contributed by atoms with Crippen molar-refractivity contribution in [3.63, 3.8) is 0 Å². The molecule has 1 fully saturated rings. The van der Waals surface area contributed by atoms with Crippen LogP contribution < -0.4 is 4.74 Å². The maximum absolute atomic E-state index is 10.4. The maximum Gasteiger partial charge on any atom is 0.119 e. The van der Waals surface area contributed by atoms with E-state index in [4.69, 9.17) is 4.74 Å². The summed E-state index contributed by atoms with van der Waals surface area (Å²) in [5, 5.41) is 30.4. The average Bonchev–Trinajstić information content (AvgIpc) is 2.94. The van der Waals surface area contributed by atoms with Gasteiger partial charge in [0.15, 0.2) is 0 Å². The smallest absolute Gasteiger partial charge is 0.119 e. The van der Waals surface area contributed by atoms with Gasteiger partial charge in [-0.15, -0.1) is 0 Å². The van der Waals surface area contributed by atoms with Gasteiger partial charge in [-0.25, -0.2) is 0 Å². The number of ether oxygens (including phenoxy) is 1. The standard InChI is InChI=1S/C40H66N2O4/c1-9-10-11-12-38(28-42(27-34(6)45)22-21-41(25-32(4)43)26-33(5)44)46-37-19-17-36(18-20-37)40(35-15-13-30(2)14-16-35)24-31(3)23-39(7,8)29-40/h13-20,31-34,38,43-45H,9-12,21-29H2,1-8H3. The largest absolute Gasteiger partial charge is 0.489 e. The third-order valence-corrected chi connectivity index (χ3v) is 9.58. The van der Waals surface area contributed by atoms with Crippen molar-refractivity contribution in [3.05, 3.63) is 65.2 Å². The number of nitrogens with zero attached hydrogens (tertiary/aromatic N) is 2. The zero-order valence-electron chi connectivity index (χ0n) is 30.3. The molecule has 1 saturated carbocycles. The Kier molecular flexibility index (Phi) is 15.0. The van der Waals surface area contributed by atoms with Crippen molar-refractivity contribution >= 4 is 0 Å². The average molecular weight is 639 g/mol. The summed E-state index contributed by atoms with van der Waals surface area (Å²) >= 11 is 0. The van der Waals surface area contributed by atoms with E-state index in [2.05, 4.69) is 92.9 Å². The summed E-state index contributed by atoms with van der Waals surface area (Å²) in [5.74, 6) is 1.54. The Bertz CT molecular complexity index is 1120. The van der Waals surface area contributed by atoms with Crippen molar-refractivity contribution in [2.24, 2.45) is 11.3 Å². The molecule has 0 aromatic heterocycles. The van der Waals surface area contributed by atoms with Crippen LogP contribution in [0.5, 0.6) is 5.75 Å². The summed E-state index contributed by atoms with van der Waals surface area (Å²) in [7, 11) is 0. The molecule has 0 spiro atoms. The zero-order valence-corrected chi connectivity index (χ0v) is 30.3. The van der Waals surface area contributed by atoms with Gasteiger partial charge in [0.1, 0.15) is 11.9 Å². The first kappa shape index (κ1) is 38.5. The van der Waals surface area contributed by atoms with Gasteiger partial charge in [-0.3, -0.25) is 9.80 Å². The molecule has 6 heteroatoms. The number of hydrogen-bond donors (Lipinski definition) is 3. The number of aryl methyl sites for hydroxylation is 1. The summed E-state index contributed by atoms with van der Waals surface area (Å²) in [6.07, 6.45) is 6.50. The second-order valence-electron chi connectivity index (χ2n) is 15.6. The molecular formula is C40H66N2O4. The highest BCUT2D eigenvalue weighted by Crippen LogP contribution is 2.53. The predicted molar refractivity (Wildman–Crippen MR) is 192 cm³/mol. The van der Waals surface area contributed by atoms with Crippen molar-refractivity contribution in [1.82, 2.24) is 9.80 Å². The van der Waals surface area contributed by atoms with Gasteiger partial charge >= 0.3 is 0 Å². The van der Waals surface area contributed by atoms with E-state index < -0.39 is 18.3 Å². The van der Waals surface area contributed by atoms with Crippen molar-refractivity contribution in [3.8, 4) is 5.75 Å². The number of rotatable bonds is 19.